The molecule has 0 aliphatic heterocycles. The van der Waals surface area contributed by atoms with Gasteiger partial charge in [0, 0.05) is 12.4 Å². The summed E-state index contributed by atoms with van der Waals surface area (Å²) in [4.78, 5) is 27.5. The Morgan fingerprint density at radius 1 is 1.18 bits per heavy atom. The summed E-state index contributed by atoms with van der Waals surface area (Å²) in [6.07, 6.45) is 2.12. The predicted octanol–water partition coefficient (Wildman–Crippen LogP) is 1.96. The third-order valence-electron chi connectivity index (χ3n) is 2.73. The van der Waals surface area contributed by atoms with Gasteiger partial charge >= 0.3 is 0 Å². The van der Waals surface area contributed by atoms with Crippen molar-refractivity contribution in [2.24, 2.45) is 0 Å². The van der Waals surface area contributed by atoms with E-state index in [2.05, 4.69) is 15.8 Å². The maximum absolute atomic E-state index is 11.9. The number of hydrazine groups is 1. The predicted molar refractivity (Wildman–Crippen MR) is 81.4 cm³/mol. The third kappa shape index (κ3) is 4.20. The van der Waals surface area contributed by atoms with Crippen LogP contribution in [0.25, 0.3) is 0 Å². The largest absolute Gasteiger partial charge is 0.479 e. The number of hydrogen-bond acceptors (Lipinski definition) is 4. The molecule has 114 valence electrons. The number of para-hydroxylation sites is 1. The number of halogens is 1. The van der Waals surface area contributed by atoms with E-state index in [9.17, 15) is 9.59 Å². The lowest BCUT2D eigenvalue weighted by atomic mass is 10.3. The van der Waals surface area contributed by atoms with Crippen LogP contribution in [0.2, 0.25) is 5.02 Å². The zero-order valence-electron chi connectivity index (χ0n) is 11.7. The molecule has 1 aromatic carbocycles. The average molecular weight is 320 g/mol. The number of amides is 2. The molecule has 0 aliphatic rings. The quantitative estimate of drug-likeness (QED) is 0.844. The summed E-state index contributed by atoms with van der Waals surface area (Å²) in [5, 5.41) is 0.404. The van der Waals surface area contributed by atoms with Crippen molar-refractivity contribution in [2.75, 3.05) is 0 Å². The number of nitrogens with one attached hydrogen (secondary N) is 2. The van der Waals surface area contributed by atoms with Gasteiger partial charge in [-0.15, -0.1) is 0 Å². The molecule has 1 heterocycles. The van der Waals surface area contributed by atoms with E-state index < -0.39 is 17.9 Å². The zero-order chi connectivity index (χ0) is 15.9. The fourth-order valence-electron chi connectivity index (χ4n) is 1.57. The molecule has 2 N–H and O–H groups in total. The lowest BCUT2D eigenvalue weighted by Crippen LogP contribution is -2.47. The van der Waals surface area contributed by atoms with Gasteiger partial charge in [0.15, 0.2) is 6.10 Å². The van der Waals surface area contributed by atoms with E-state index in [-0.39, 0.29) is 0 Å². The number of hydrogen-bond donors (Lipinski definition) is 2. The first-order valence-electron chi connectivity index (χ1n) is 6.49. The molecule has 2 aromatic rings. The summed E-state index contributed by atoms with van der Waals surface area (Å²) in [5.74, 6) is -0.575. The van der Waals surface area contributed by atoms with Crippen molar-refractivity contribution in [1.82, 2.24) is 15.8 Å². The maximum atomic E-state index is 11.9. The number of aromatic nitrogens is 1. The Morgan fingerprint density at radius 3 is 2.64 bits per heavy atom. The molecule has 0 saturated heterocycles. The molecule has 2 amide bonds. The monoisotopic (exact) mass is 319 g/mol. The van der Waals surface area contributed by atoms with Gasteiger partial charge in [-0.25, -0.2) is 0 Å². The summed E-state index contributed by atoms with van der Waals surface area (Å²) in [5.41, 5.74) is 4.91. The Bertz CT molecular complexity index is 664. The van der Waals surface area contributed by atoms with Crippen LogP contribution in [0.15, 0.2) is 48.8 Å². The summed E-state index contributed by atoms with van der Waals surface area (Å²) in [7, 11) is 0. The van der Waals surface area contributed by atoms with Crippen molar-refractivity contribution in [2.45, 2.75) is 13.0 Å². The van der Waals surface area contributed by atoms with Crippen LogP contribution in [-0.2, 0) is 4.79 Å². The fraction of sp³-hybridized carbons (Fsp3) is 0.133. The van der Waals surface area contributed by atoms with Crippen LogP contribution in [0, 0.1) is 0 Å². The molecule has 1 atom stereocenters. The van der Waals surface area contributed by atoms with E-state index in [1.807, 2.05) is 0 Å². The first-order valence-corrected chi connectivity index (χ1v) is 6.87. The van der Waals surface area contributed by atoms with Crippen molar-refractivity contribution in [3.8, 4) is 5.75 Å². The summed E-state index contributed by atoms with van der Waals surface area (Å²) in [6, 6.07) is 10.0. The smallest absolute Gasteiger partial charge is 0.279 e. The molecule has 1 unspecified atom stereocenters. The molecule has 0 fully saturated rings. The number of carbonyl (C=O) groups is 2. The van der Waals surface area contributed by atoms with Gasteiger partial charge in [0.1, 0.15) is 5.75 Å². The molecule has 2 rings (SSSR count). The van der Waals surface area contributed by atoms with Crippen molar-refractivity contribution < 1.29 is 14.3 Å². The molecule has 0 saturated carbocycles. The van der Waals surface area contributed by atoms with E-state index in [1.165, 1.54) is 6.20 Å². The van der Waals surface area contributed by atoms with Gasteiger partial charge in [-0.2, -0.15) is 0 Å². The second-order valence-electron chi connectivity index (χ2n) is 4.38. The molecule has 22 heavy (non-hydrogen) atoms. The molecule has 1 aromatic heterocycles. The highest BCUT2D eigenvalue weighted by Gasteiger charge is 2.16. The van der Waals surface area contributed by atoms with E-state index in [4.69, 9.17) is 16.3 Å². The van der Waals surface area contributed by atoms with Crippen LogP contribution >= 0.6 is 11.6 Å². The van der Waals surface area contributed by atoms with Crippen LogP contribution in [0.4, 0.5) is 0 Å². The summed E-state index contributed by atoms with van der Waals surface area (Å²) < 4.78 is 5.44. The summed E-state index contributed by atoms with van der Waals surface area (Å²) >= 11 is 5.95. The lowest BCUT2D eigenvalue weighted by molar-refractivity contribution is -0.128. The lowest BCUT2D eigenvalue weighted by Gasteiger charge is -2.15. The van der Waals surface area contributed by atoms with Crippen LogP contribution in [-0.4, -0.2) is 22.9 Å². The normalized spacial score (nSPS) is 11.4. The van der Waals surface area contributed by atoms with E-state index in [1.54, 1.807) is 49.5 Å². The number of rotatable bonds is 4. The molecule has 0 bridgehead atoms. The van der Waals surface area contributed by atoms with Crippen LogP contribution in [0.5, 0.6) is 5.75 Å². The minimum atomic E-state index is -0.825. The first kappa shape index (κ1) is 15.8. The second kappa shape index (κ2) is 7.42. The number of benzene rings is 1. The average Bonchev–Trinajstić information content (AvgIpc) is 2.55. The van der Waals surface area contributed by atoms with Gasteiger partial charge in [0.05, 0.1) is 10.6 Å². The zero-order valence-corrected chi connectivity index (χ0v) is 12.5. The molecule has 0 radical (unpaired) electrons. The van der Waals surface area contributed by atoms with Crippen molar-refractivity contribution >= 4 is 23.4 Å². The second-order valence-corrected chi connectivity index (χ2v) is 4.78. The minimum absolute atomic E-state index is 0.336. The highest BCUT2D eigenvalue weighted by molar-refractivity contribution is 6.32. The van der Waals surface area contributed by atoms with Gasteiger partial charge in [-0.3, -0.25) is 25.4 Å². The van der Waals surface area contributed by atoms with Gasteiger partial charge in [-0.05, 0) is 31.2 Å². The maximum Gasteiger partial charge on any atom is 0.279 e. The van der Waals surface area contributed by atoms with E-state index >= 15 is 0 Å². The van der Waals surface area contributed by atoms with Gasteiger partial charge in [-0.1, -0.05) is 23.7 Å². The van der Waals surface area contributed by atoms with Crippen LogP contribution in [0.1, 0.15) is 17.3 Å². The van der Waals surface area contributed by atoms with Gasteiger partial charge < -0.3 is 4.74 Å². The number of pyridine rings is 1. The Balaban J connectivity index is 1.87. The van der Waals surface area contributed by atoms with Gasteiger partial charge in [0.25, 0.3) is 11.8 Å². The SMILES string of the molecule is CC(Oc1ccccc1Cl)C(=O)NNC(=O)c1cccnc1. The molecule has 0 spiro atoms. The fourth-order valence-corrected chi connectivity index (χ4v) is 1.75. The van der Waals surface area contributed by atoms with Crippen LogP contribution < -0.4 is 15.6 Å². The highest BCUT2D eigenvalue weighted by atomic mass is 35.5. The molecule has 0 aliphatic carbocycles. The van der Waals surface area contributed by atoms with E-state index in [0.717, 1.165) is 0 Å². The molecular weight excluding hydrogens is 306 g/mol. The molecule has 6 nitrogen and oxygen atoms in total. The molecular formula is C15H14ClN3O3. The van der Waals surface area contributed by atoms with Crippen molar-refractivity contribution in [3.05, 3.63) is 59.4 Å². The topological polar surface area (TPSA) is 80.3 Å². The minimum Gasteiger partial charge on any atom is -0.479 e. The Morgan fingerprint density at radius 2 is 1.95 bits per heavy atom. The number of nitrogens with zero attached hydrogens (tertiary/aromatic N) is 1. The number of ether oxygens (including phenoxy) is 1. The Kier molecular flexibility index (Phi) is 5.32. The van der Waals surface area contributed by atoms with E-state index in [0.29, 0.717) is 16.3 Å². The van der Waals surface area contributed by atoms with Crippen molar-refractivity contribution in [1.29, 1.82) is 0 Å². The number of carbonyl (C=O) groups excluding carboxylic acids is 2. The summed E-state index contributed by atoms with van der Waals surface area (Å²) in [6.45, 7) is 1.55. The first-order chi connectivity index (χ1) is 10.6. The standard InChI is InChI=1S/C15H14ClN3O3/c1-10(22-13-7-3-2-6-12(13)16)14(20)18-19-15(21)11-5-4-8-17-9-11/h2-10H,1H3,(H,18,20)(H,19,21). The van der Waals surface area contributed by atoms with Gasteiger partial charge in [0.2, 0.25) is 0 Å². The van der Waals surface area contributed by atoms with Crippen LogP contribution in [0.3, 0.4) is 0 Å². The molecule has 7 heteroatoms. The highest BCUT2D eigenvalue weighted by Crippen LogP contribution is 2.24. The van der Waals surface area contributed by atoms with Crippen molar-refractivity contribution in [3.63, 3.8) is 0 Å². The third-order valence-corrected chi connectivity index (χ3v) is 3.04. The Labute approximate surface area is 132 Å². The Hall–Kier alpha value is -2.60.